The van der Waals surface area contributed by atoms with E-state index >= 15 is 0 Å². The van der Waals surface area contributed by atoms with Crippen molar-refractivity contribution in [3.63, 3.8) is 0 Å². The lowest BCUT2D eigenvalue weighted by atomic mass is 10.2. The van der Waals surface area contributed by atoms with Crippen molar-refractivity contribution in [1.82, 2.24) is 4.31 Å². The van der Waals surface area contributed by atoms with E-state index in [0.717, 1.165) is 5.56 Å². The first-order valence-corrected chi connectivity index (χ1v) is 11.2. The number of halogens is 1. The van der Waals surface area contributed by atoms with E-state index < -0.39 is 10.0 Å². The van der Waals surface area contributed by atoms with Crippen LogP contribution in [0.4, 0.5) is 5.69 Å². The molecule has 0 spiro atoms. The van der Waals surface area contributed by atoms with E-state index in [-0.39, 0.29) is 23.9 Å². The van der Waals surface area contributed by atoms with Crippen LogP contribution < -0.4 is 4.90 Å². The highest BCUT2D eigenvalue weighted by molar-refractivity contribution is 7.89. The number of rotatable bonds is 7. The minimum absolute atomic E-state index is 0.00967. The SMILES string of the molecule is Cc1ccc(S(=O)(=O)N(CC(=O)N(C)c2ccccc2)Cc2ccccc2Cl)cc1. The van der Waals surface area contributed by atoms with Crippen molar-refractivity contribution >= 4 is 33.2 Å². The van der Waals surface area contributed by atoms with Crippen LogP contribution in [0.15, 0.2) is 83.8 Å². The van der Waals surface area contributed by atoms with Crippen LogP contribution in [0.5, 0.6) is 0 Å². The van der Waals surface area contributed by atoms with Gasteiger partial charge in [-0.05, 0) is 42.8 Å². The molecule has 0 bridgehead atoms. The quantitative estimate of drug-likeness (QED) is 0.541. The van der Waals surface area contributed by atoms with Crippen LogP contribution in [0.2, 0.25) is 5.02 Å². The molecule has 0 aliphatic carbocycles. The molecule has 0 aromatic heterocycles. The maximum absolute atomic E-state index is 13.4. The van der Waals surface area contributed by atoms with E-state index in [1.54, 1.807) is 67.7 Å². The fourth-order valence-electron chi connectivity index (χ4n) is 2.95. The molecule has 0 aliphatic rings. The first-order chi connectivity index (χ1) is 14.3. The predicted octanol–water partition coefficient (Wildman–Crippen LogP) is 4.50. The van der Waals surface area contributed by atoms with Crippen molar-refractivity contribution in [2.45, 2.75) is 18.4 Å². The Balaban J connectivity index is 1.94. The summed E-state index contributed by atoms with van der Waals surface area (Å²) in [4.78, 5) is 14.5. The molecule has 0 saturated carbocycles. The second kappa shape index (κ2) is 9.43. The second-order valence-corrected chi connectivity index (χ2v) is 9.31. The van der Waals surface area contributed by atoms with Gasteiger partial charge in [-0.3, -0.25) is 4.79 Å². The van der Waals surface area contributed by atoms with Crippen LogP contribution in [0.1, 0.15) is 11.1 Å². The second-order valence-electron chi connectivity index (χ2n) is 6.97. The highest BCUT2D eigenvalue weighted by atomic mass is 35.5. The molecule has 0 N–H and O–H groups in total. The summed E-state index contributed by atoms with van der Waals surface area (Å²) in [6, 6.07) is 22.7. The Hall–Kier alpha value is -2.67. The molecular weight excluding hydrogens is 420 g/mol. The van der Waals surface area contributed by atoms with Gasteiger partial charge in [-0.2, -0.15) is 4.31 Å². The van der Waals surface area contributed by atoms with Gasteiger partial charge in [0.1, 0.15) is 0 Å². The van der Waals surface area contributed by atoms with Crippen molar-refractivity contribution in [2.75, 3.05) is 18.5 Å². The van der Waals surface area contributed by atoms with E-state index in [1.807, 2.05) is 25.1 Å². The highest BCUT2D eigenvalue weighted by Crippen LogP contribution is 2.23. The predicted molar refractivity (Wildman–Crippen MR) is 120 cm³/mol. The molecule has 0 atom stereocenters. The summed E-state index contributed by atoms with van der Waals surface area (Å²) < 4.78 is 27.9. The van der Waals surface area contributed by atoms with Gasteiger partial charge < -0.3 is 4.90 Å². The van der Waals surface area contributed by atoms with Crippen LogP contribution >= 0.6 is 11.6 Å². The zero-order valence-corrected chi connectivity index (χ0v) is 18.4. The zero-order valence-electron chi connectivity index (χ0n) is 16.8. The molecule has 7 heteroatoms. The number of benzene rings is 3. The summed E-state index contributed by atoms with van der Waals surface area (Å²) in [6.07, 6.45) is 0. The van der Waals surface area contributed by atoms with Crippen molar-refractivity contribution in [3.8, 4) is 0 Å². The molecule has 30 heavy (non-hydrogen) atoms. The third-order valence-electron chi connectivity index (χ3n) is 4.79. The molecule has 3 aromatic carbocycles. The largest absolute Gasteiger partial charge is 0.314 e. The summed E-state index contributed by atoms with van der Waals surface area (Å²) >= 11 is 6.26. The average Bonchev–Trinajstić information content (AvgIpc) is 2.75. The Morgan fingerprint density at radius 1 is 0.900 bits per heavy atom. The lowest BCUT2D eigenvalue weighted by Gasteiger charge is -2.25. The van der Waals surface area contributed by atoms with E-state index in [2.05, 4.69) is 0 Å². The topological polar surface area (TPSA) is 57.7 Å². The molecule has 0 unspecified atom stereocenters. The molecule has 0 aliphatic heterocycles. The normalized spacial score (nSPS) is 11.5. The number of sulfonamides is 1. The van der Waals surface area contributed by atoms with Gasteiger partial charge in [-0.1, -0.05) is 65.7 Å². The van der Waals surface area contributed by atoms with Crippen molar-refractivity contribution in [1.29, 1.82) is 0 Å². The van der Waals surface area contributed by atoms with E-state index in [9.17, 15) is 13.2 Å². The molecule has 0 fully saturated rings. The molecular formula is C23H23ClN2O3S. The van der Waals surface area contributed by atoms with Gasteiger partial charge in [0.2, 0.25) is 15.9 Å². The molecule has 5 nitrogen and oxygen atoms in total. The van der Waals surface area contributed by atoms with Gasteiger partial charge in [0, 0.05) is 24.3 Å². The van der Waals surface area contributed by atoms with E-state index in [4.69, 9.17) is 11.6 Å². The molecule has 0 radical (unpaired) electrons. The highest BCUT2D eigenvalue weighted by Gasteiger charge is 2.28. The Labute approximate surface area is 182 Å². The number of carbonyl (C=O) groups is 1. The van der Waals surface area contributed by atoms with Gasteiger partial charge in [-0.25, -0.2) is 8.42 Å². The standard InChI is InChI=1S/C23H23ClN2O3S/c1-18-12-14-21(15-13-18)30(28,29)26(16-19-8-6-7-11-22(19)24)17-23(27)25(2)20-9-4-3-5-10-20/h3-15H,16-17H2,1-2H3. The summed E-state index contributed by atoms with van der Waals surface area (Å²) in [5.41, 5.74) is 2.27. The van der Waals surface area contributed by atoms with Gasteiger partial charge in [-0.15, -0.1) is 0 Å². The van der Waals surface area contributed by atoms with Crippen LogP contribution in [-0.2, 0) is 21.4 Å². The minimum atomic E-state index is -3.92. The lowest BCUT2D eigenvalue weighted by Crippen LogP contribution is -2.41. The van der Waals surface area contributed by atoms with Crippen molar-refractivity contribution in [3.05, 3.63) is 95.0 Å². The van der Waals surface area contributed by atoms with Gasteiger partial charge in [0.05, 0.1) is 11.4 Å². The summed E-state index contributed by atoms with van der Waals surface area (Å²) in [7, 11) is -2.29. The molecule has 3 rings (SSSR count). The van der Waals surface area contributed by atoms with Gasteiger partial charge in [0.15, 0.2) is 0 Å². The Morgan fingerprint density at radius 3 is 2.13 bits per heavy atom. The fourth-order valence-corrected chi connectivity index (χ4v) is 4.52. The molecule has 0 saturated heterocycles. The first-order valence-electron chi connectivity index (χ1n) is 9.41. The smallest absolute Gasteiger partial charge is 0.243 e. The summed E-state index contributed by atoms with van der Waals surface area (Å²) in [5, 5.41) is 0.450. The monoisotopic (exact) mass is 442 g/mol. The number of nitrogens with zero attached hydrogens (tertiary/aromatic N) is 2. The summed E-state index contributed by atoms with van der Waals surface area (Å²) in [6.45, 7) is 1.56. The summed E-state index contributed by atoms with van der Waals surface area (Å²) in [5.74, 6) is -0.344. The Kier molecular flexibility index (Phi) is 6.92. The number of para-hydroxylation sites is 1. The molecule has 3 aromatic rings. The fraction of sp³-hybridized carbons (Fsp3) is 0.174. The number of carbonyl (C=O) groups excluding carboxylic acids is 1. The number of anilines is 1. The molecule has 156 valence electrons. The van der Waals surface area contributed by atoms with Gasteiger partial charge >= 0.3 is 0 Å². The van der Waals surface area contributed by atoms with Crippen LogP contribution in [0, 0.1) is 6.92 Å². The van der Waals surface area contributed by atoms with Crippen molar-refractivity contribution < 1.29 is 13.2 Å². The van der Waals surface area contributed by atoms with Crippen LogP contribution in [-0.4, -0.2) is 32.2 Å². The third-order valence-corrected chi connectivity index (χ3v) is 6.97. The lowest BCUT2D eigenvalue weighted by molar-refractivity contribution is -0.118. The van der Waals surface area contributed by atoms with Crippen LogP contribution in [0.3, 0.4) is 0 Å². The van der Waals surface area contributed by atoms with Crippen molar-refractivity contribution in [2.24, 2.45) is 0 Å². The van der Waals surface area contributed by atoms with E-state index in [0.29, 0.717) is 16.3 Å². The van der Waals surface area contributed by atoms with E-state index in [1.165, 1.54) is 9.21 Å². The average molecular weight is 443 g/mol. The zero-order chi connectivity index (χ0) is 21.7. The Morgan fingerprint density at radius 2 is 1.50 bits per heavy atom. The molecule has 0 heterocycles. The maximum Gasteiger partial charge on any atom is 0.243 e. The molecule has 1 amide bonds. The minimum Gasteiger partial charge on any atom is -0.314 e. The van der Waals surface area contributed by atoms with Gasteiger partial charge in [0.25, 0.3) is 0 Å². The Bertz CT molecular complexity index is 1120. The number of aryl methyl sites for hydroxylation is 1. The number of hydrogen-bond donors (Lipinski definition) is 0. The number of hydrogen-bond acceptors (Lipinski definition) is 3. The first kappa shape index (κ1) is 22.0. The third kappa shape index (κ3) is 5.08. The number of likely N-dealkylation sites (N-methyl/N-ethyl adjacent to an activating group) is 1. The maximum atomic E-state index is 13.4. The number of amides is 1. The van der Waals surface area contributed by atoms with Crippen LogP contribution in [0.25, 0.3) is 0 Å².